The van der Waals surface area contributed by atoms with E-state index in [9.17, 15) is 14.7 Å². The van der Waals surface area contributed by atoms with Crippen molar-refractivity contribution in [2.75, 3.05) is 18.5 Å². The van der Waals surface area contributed by atoms with Crippen LogP contribution in [-0.2, 0) is 4.74 Å². The van der Waals surface area contributed by atoms with E-state index in [-0.39, 0.29) is 18.2 Å². The van der Waals surface area contributed by atoms with Gasteiger partial charge in [-0.1, -0.05) is 13.3 Å². The van der Waals surface area contributed by atoms with Gasteiger partial charge < -0.3 is 15.6 Å². The number of primary amides is 1. The van der Waals surface area contributed by atoms with Crippen LogP contribution >= 0.6 is 0 Å². The largest absolute Gasteiger partial charge is 0.449 e. The fraction of sp³-hybridized carbons (Fsp3) is 0.550. The summed E-state index contributed by atoms with van der Waals surface area (Å²) < 4.78 is 7.03. The number of aliphatic hydroxyl groups excluding tert-OH is 1. The summed E-state index contributed by atoms with van der Waals surface area (Å²) in [5, 5.41) is 17.4. The van der Waals surface area contributed by atoms with Gasteiger partial charge in [-0.2, -0.15) is 5.10 Å². The Morgan fingerprint density at radius 3 is 2.71 bits per heavy atom. The van der Waals surface area contributed by atoms with Crippen molar-refractivity contribution in [3.63, 3.8) is 0 Å². The van der Waals surface area contributed by atoms with E-state index in [2.05, 4.69) is 10.4 Å². The highest BCUT2D eigenvalue weighted by Crippen LogP contribution is 2.33. The molecule has 4 N–H and O–H groups in total. The molecule has 2 aromatic rings. The average Bonchev–Trinajstić information content (AvgIpc) is 3.10. The first-order valence-corrected chi connectivity index (χ1v) is 9.89. The number of fused-ring (bicyclic) bond motifs is 1. The molecular weight excluding hydrogens is 360 g/mol. The molecule has 1 heterocycles. The number of hydrogen-bond donors (Lipinski definition) is 3. The van der Waals surface area contributed by atoms with Crippen LogP contribution in [0.2, 0.25) is 0 Å². The molecule has 3 rings (SSSR count). The molecule has 0 spiro atoms. The topological polar surface area (TPSA) is 119 Å². The van der Waals surface area contributed by atoms with E-state index in [1.165, 1.54) is 0 Å². The number of ether oxygens (including phenoxy) is 1. The second kappa shape index (κ2) is 9.05. The monoisotopic (exact) mass is 388 g/mol. The van der Waals surface area contributed by atoms with Gasteiger partial charge in [0.25, 0.3) is 5.91 Å². The number of aliphatic hydroxyl groups is 1. The summed E-state index contributed by atoms with van der Waals surface area (Å²) in [6, 6.07) is 3.58. The van der Waals surface area contributed by atoms with Crippen LogP contribution < -0.4 is 11.1 Å². The molecule has 0 bridgehead atoms. The highest BCUT2D eigenvalue weighted by Gasteiger charge is 2.23. The van der Waals surface area contributed by atoms with Gasteiger partial charge in [0.05, 0.1) is 29.4 Å². The Labute approximate surface area is 164 Å². The van der Waals surface area contributed by atoms with Gasteiger partial charge in [-0.15, -0.1) is 0 Å². The Balaban J connectivity index is 1.81. The molecule has 1 aliphatic rings. The minimum atomic E-state index is -0.635. The van der Waals surface area contributed by atoms with E-state index in [4.69, 9.17) is 10.5 Å². The first-order valence-electron chi connectivity index (χ1n) is 9.89. The molecule has 8 heteroatoms. The lowest BCUT2D eigenvalue weighted by atomic mass is 9.87. The van der Waals surface area contributed by atoms with E-state index in [1.54, 1.807) is 12.1 Å². The highest BCUT2D eigenvalue weighted by molar-refractivity contribution is 6.05. The lowest BCUT2D eigenvalue weighted by molar-refractivity contribution is 0.100. The number of unbranched alkanes of at least 4 members (excludes halogenated alkanes) is 1. The van der Waals surface area contributed by atoms with Crippen molar-refractivity contribution in [1.29, 1.82) is 0 Å². The summed E-state index contributed by atoms with van der Waals surface area (Å²) in [6.07, 6.45) is 6.88. The third-order valence-electron chi connectivity index (χ3n) is 5.34. The number of nitrogens with zero attached hydrogens (tertiary/aromatic N) is 2. The molecule has 0 aliphatic heterocycles. The molecule has 1 aromatic heterocycles. The summed E-state index contributed by atoms with van der Waals surface area (Å²) in [5.41, 5.74) is 6.68. The maximum atomic E-state index is 12.0. The van der Waals surface area contributed by atoms with Crippen molar-refractivity contribution in [3.8, 4) is 0 Å². The Kier molecular flexibility index (Phi) is 6.51. The second-order valence-corrected chi connectivity index (χ2v) is 7.40. The molecule has 2 amide bonds. The molecular formula is C20H28N4O4. The van der Waals surface area contributed by atoms with Gasteiger partial charge in [-0.25, -0.2) is 4.79 Å². The molecule has 0 atom stereocenters. The van der Waals surface area contributed by atoms with Crippen LogP contribution in [0.25, 0.3) is 10.9 Å². The van der Waals surface area contributed by atoms with Crippen LogP contribution in [0.1, 0.15) is 61.8 Å². The minimum Gasteiger partial charge on any atom is -0.449 e. The SMILES string of the molecule is CCCCOC(=O)Nc1cc2cn(C3CCC(CO)CC3)nc2cc1C(N)=O. The smallest absolute Gasteiger partial charge is 0.411 e. The molecule has 0 unspecified atom stereocenters. The average molecular weight is 388 g/mol. The molecule has 1 aliphatic carbocycles. The summed E-state index contributed by atoms with van der Waals surface area (Å²) in [7, 11) is 0. The van der Waals surface area contributed by atoms with Crippen molar-refractivity contribution in [1.82, 2.24) is 9.78 Å². The van der Waals surface area contributed by atoms with Crippen molar-refractivity contribution in [2.45, 2.75) is 51.5 Å². The van der Waals surface area contributed by atoms with Gasteiger partial charge in [0.2, 0.25) is 0 Å². The second-order valence-electron chi connectivity index (χ2n) is 7.40. The zero-order valence-corrected chi connectivity index (χ0v) is 16.2. The third kappa shape index (κ3) is 4.62. The van der Waals surface area contributed by atoms with E-state index >= 15 is 0 Å². The summed E-state index contributed by atoms with van der Waals surface area (Å²) in [6.45, 7) is 2.57. The maximum absolute atomic E-state index is 12.0. The highest BCUT2D eigenvalue weighted by atomic mass is 16.5. The molecule has 28 heavy (non-hydrogen) atoms. The van der Waals surface area contributed by atoms with Gasteiger partial charge in [-0.3, -0.25) is 14.8 Å². The van der Waals surface area contributed by atoms with Crippen molar-refractivity contribution >= 4 is 28.6 Å². The molecule has 8 nitrogen and oxygen atoms in total. The molecule has 1 fully saturated rings. The van der Waals surface area contributed by atoms with E-state index < -0.39 is 12.0 Å². The predicted octanol–water partition coefficient (Wildman–Crippen LogP) is 3.21. The number of carbonyl (C=O) groups excluding carboxylic acids is 2. The number of aromatic nitrogens is 2. The first-order chi connectivity index (χ1) is 13.5. The van der Waals surface area contributed by atoms with Crippen LogP contribution in [0.5, 0.6) is 0 Å². The number of rotatable bonds is 7. The lowest BCUT2D eigenvalue weighted by Crippen LogP contribution is -2.20. The third-order valence-corrected chi connectivity index (χ3v) is 5.34. The molecule has 1 aromatic carbocycles. The van der Waals surface area contributed by atoms with Gasteiger partial charge in [0, 0.05) is 18.2 Å². The lowest BCUT2D eigenvalue weighted by Gasteiger charge is -2.27. The molecule has 0 radical (unpaired) electrons. The van der Waals surface area contributed by atoms with Gasteiger partial charge in [-0.05, 0) is 50.2 Å². The predicted molar refractivity (Wildman–Crippen MR) is 106 cm³/mol. The number of hydrogen-bond acceptors (Lipinski definition) is 5. The zero-order valence-electron chi connectivity index (χ0n) is 16.2. The standard InChI is InChI=1S/C20H28N4O4/c1-2-3-8-28-20(27)22-18-9-14-11-24(15-6-4-13(12-25)5-7-15)23-17(14)10-16(18)19(21)26/h9-11,13,15,25H,2-8,12H2,1H3,(H2,21,26)(H,22,27). The quantitative estimate of drug-likeness (QED) is 0.629. The van der Waals surface area contributed by atoms with E-state index in [1.807, 2.05) is 17.8 Å². The van der Waals surface area contributed by atoms with E-state index in [0.717, 1.165) is 43.9 Å². The summed E-state index contributed by atoms with van der Waals surface area (Å²) in [4.78, 5) is 23.8. The van der Waals surface area contributed by atoms with Crippen LogP contribution in [0.3, 0.4) is 0 Å². The minimum absolute atomic E-state index is 0.203. The summed E-state index contributed by atoms with van der Waals surface area (Å²) in [5.74, 6) is -0.263. The van der Waals surface area contributed by atoms with Crippen LogP contribution in [0.4, 0.5) is 10.5 Å². The number of benzene rings is 1. The Bertz CT molecular complexity index is 840. The molecule has 1 saturated carbocycles. The Hall–Kier alpha value is -2.61. The van der Waals surface area contributed by atoms with Crippen molar-refractivity contribution in [2.24, 2.45) is 11.7 Å². The van der Waals surface area contributed by atoms with Crippen LogP contribution in [0, 0.1) is 5.92 Å². The fourth-order valence-corrected chi connectivity index (χ4v) is 3.63. The number of nitrogens with one attached hydrogen (secondary N) is 1. The summed E-state index contributed by atoms with van der Waals surface area (Å²) >= 11 is 0. The van der Waals surface area contributed by atoms with Crippen molar-refractivity contribution < 1.29 is 19.4 Å². The number of carbonyl (C=O) groups is 2. The zero-order chi connectivity index (χ0) is 20.1. The molecule has 0 saturated heterocycles. The van der Waals surface area contributed by atoms with Crippen LogP contribution in [0.15, 0.2) is 18.3 Å². The fourth-order valence-electron chi connectivity index (χ4n) is 3.63. The van der Waals surface area contributed by atoms with Gasteiger partial charge in [0.15, 0.2) is 0 Å². The molecule has 152 valence electrons. The number of nitrogens with two attached hydrogens (primary N) is 1. The normalized spacial score (nSPS) is 19.5. The van der Waals surface area contributed by atoms with Gasteiger partial charge >= 0.3 is 6.09 Å². The van der Waals surface area contributed by atoms with Crippen molar-refractivity contribution in [3.05, 3.63) is 23.9 Å². The Morgan fingerprint density at radius 2 is 2.07 bits per heavy atom. The maximum Gasteiger partial charge on any atom is 0.411 e. The number of anilines is 1. The Morgan fingerprint density at radius 1 is 1.32 bits per heavy atom. The number of amides is 2. The van der Waals surface area contributed by atoms with Gasteiger partial charge in [0.1, 0.15) is 0 Å². The van der Waals surface area contributed by atoms with E-state index in [0.29, 0.717) is 23.7 Å². The van der Waals surface area contributed by atoms with Crippen LogP contribution in [-0.4, -0.2) is 40.1 Å². The first kappa shape index (κ1) is 20.1.